The van der Waals surface area contributed by atoms with Crippen LogP contribution in [-0.4, -0.2) is 28.9 Å². The first kappa shape index (κ1) is 20.7. The fraction of sp³-hybridized carbons (Fsp3) is 0.182. The van der Waals surface area contributed by atoms with Crippen LogP contribution in [0.3, 0.4) is 0 Å². The van der Waals surface area contributed by atoms with E-state index in [4.69, 9.17) is 9.47 Å². The van der Waals surface area contributed by atoms with E-state index in [1.807, 2.05) is 61.7 Å². The highest BCUT2D eigenvalue weighted by atomic mass is 32.2. The molecule has 2 aromatic carbocycles. The maximum absolute atomic E-state index is 9.59. The molecule has 7 heteroatoms. The van der Waals surface area contributed by atoms with Crippen molar-refractivity contribution in [1.29, 1.82) is 0 Å². The monoisotopic (exact) mass is 409 g/mol. The van der Waals surface area contributed by atoms with Gasteiger partial charge in [0.15, 0.2) is 5.84 Å². The minimum Gasteiger partial charge on any atom is -0.494 e. The second-order valence-corrected chi connectivity index (χ2v) is 6.86. The Morgan fingerprint density at radius 3 is 2.66 bits per heavy atom. The van der Waals surface area contributed by atoms with E-state index in [2.05, 4.69) is 15.5 Å². The molecule has 0 bridgehead atoms. The quantitative estimate of drug-likeness (QED) is 0.238. The first-order valence-electron chi connectivity index (χ1n) is 9.17. The minimum absolute atomic E-state index is 0.321. The first-order valence-corrected chi connectivity index (χ1v) is 10.4. The van der Waals surface area contributed by atoms with Crippen molar-refractivity contribution in [3.8, 4) is 17.4 Å². The lowest BCUT2D eigenvalue weighted by molar-refractivity contribution is 0.234. The van der Waals surface area contributed by atoms with Gasteiger partial charge in [0.1, 0.15) is 11.5 Å². The number of rotatable bonds is 8. The van der Waals surface area contributed by atoms with Gasteiger partial charge >= 0.3 is 0 Å². The van der Waals surface area contributed by atoms with Crippen LogP contribution in [0.15, 0.2) is 76.7 Å². The van der Waals surface area contributed by atoms with Crippen molar-refractivity contribution in [1.82, 2.24) is 10.5 Å². The van der Waals surface area contributed by atoms with E-state index in [1.165, 1.54) is 0 Å². The molecule has 0 fully saturated rings. The van der Waals surface area contributed by atoms with E-state index in [9.17, 15) is 5.21 Å². The third-order valence-corrected chi connectivity index (χ3v) is 4.82. The largest absolute Gasteiger partial charge is 0.494 e. The Hall–Kier alpha value is -3.03. The molecule has 2 N–H and O–H groups in total. The van der Waals surface area contributed by atoms with Gasteiger partial charge in [-0.1, -0.05) is 18.2 Å². The number of hydrogen-bond donors (Lipinski definition) is 2. The molecular formula is C22H23N3O3S. The Morgan fingerprint density at radius 1 is 1.14 bits per heavy atom. The molecule has 3 rings (SSSR count). The Morgan fingerprint density at radius 2 is 1.93 bits per heavy atom. The van der Waals surface area contributed by atoms with Gasteiger partial charge < -0.3 is 9.47 Å². The van der Waals surface area contributed by atoms with Crippen molar-refractivity contribution in [2.45, 2.75) is 18.4 Å². The van der Waals surface area contributed by atoms with Crippen molar-refractivity contribution in [3.63, 3.8) is 0 Å². The minimum atomic E-state index is 0.321. The number of hydrogen-bond acceptors (Lipinski definition) is 6. The first-order chi connectivity index (χ1) is 14.2. The molecule has 150 valence electrons. The number of ether oxygens (including phenoxy) is 2. The average molecular weight is 410 g/mol. The van der Waals surface area contributed by atoms with E-state index in [1.54, 1.807) is 30.1 Å². The van der Waals surface area contributed by atoms with Gasteiger partial charge in [0.2, 0.25) is 5.88 Å². The number of nitrogens with one attached hydrogen (secondary N) is 1. The smallest absolute Gasteiger partial charge is 0.219 e. The van der Waals surface area contributed by atoms with Crippen LogP contribution in [0.1, 0.15) is 18.1 Å². The number of hydroxylamine groups is 1. The fourth-order valence-electron chi connectivity index (χ4n) is 2.66. The van der Waals surface area contributed by atoms with Crippen LogP contribution in [0.5, 0.6) is 17.4 Å². The Kier molecular flexibility index (Phi) is 7.49. The number of pyridine rings is 1. The van der Waals surface area contributed by atoms with Crippen molar-refractivity contribution >= 4 is 17.6 Å². The lowest BCUT2D eigenvalue weighted by Gasteiger charge is -2.10. The summed E-state index contributed by atoms with van der Waals surface area (Å²) in [5, 5.41) is 9.59. The van der Waals surface area contributed by atoms with Crippen molar-refractivity contribution in [2.75, 3.05) is 12.9 Å². The summed E-state index contributed by atoms with van der Waals surface area (Å²) in [6, 6.07) is 18.9. The molecule has 0 aliphatic carbocycles. The number of thioether (sulfide) groups is 1. The summed E-state index contributed by atoms with van der Waals surface area (Å²) in [5.74, 6) is 2.20. The lowest BCUT2D eigenvalue weighted by atomic mass is 10.2. The highest BCUT2D eigenvalue weighted by Crippen LogP contribution is 2.24. The van der Waals surface area contributed by atoms with E-state index in [0.717, 1.165) is 16.2 Å². The standard InChI is InChI=1S/C22H23N3O3S/c1-3-27-20-7-5-4-6-17(20)15-24-22(25-26)16-12-13-23-21(14-16)28-18-8-10-19(29-2)11-9-18/h4-14,26H,3,15H2,1-2H3,(H,24,25). The zero-order chi connectivity index (χ0) is 20.5. The zero-order valence-electron chi connectivity index (χ0n) is 16.3. The summed E-state index contributed by atoms with van der Waals surface area (Å²) >= 11 is 1.67. The van der Waals surface area contributed by atoms with E-state index in [-0.39, 0.29) is 0 Å². The number of nitrogens with zero attached hydrogens (tertiary/aromatic N) is 2. The van der Waals surface area contributed by atoms with Gasteiger partial charge in [-0.05, 0) is 49.6 Å². The topological polar surface area (TPSA) is 76.0 Å². The van der Waals surface area contributed by atoms with E-state index in [0.29, 0.717) is 36.2 Å². The molecule has 0 amide bonds. The molecule has 0 unspecified atom stereocenters. The summed E-state index contributed by atoms with van der Waals surface area (Å²) in [7, 11) is 0. The molecule has 0 aliphatic rings. The van der Waals surface area contributed by atoms with Crippen LogP contribution in [0, 0.1) is 0 Å². The molecule has 0 saturated heterocycles. The third-order valence-electron chi connectivity index (χ3n) is 4.08. The summed E-state index contributed by atoms with van der Waals surface area (Å²) in [5.41, 5.74) is 3.76. The predicted molar refractivity (Wildman–Crippen MR) is 115 cm³/mol. The molecule has 0 aliphatic heterocycles. The molecule has 0 saturated carbocycles. The zero-order valence-corrected chi connectivity index (χ0v) is 17.1. The number of amidine groups is 1. The normalized spacial score (nSPS) is 11.2. The van der Waals surface area contributed by atoms with Crippen LogP contribution >= 0.6 is 11.8 Å². The maximum atomic E-state index is 9.59. The average Bonchev–Trinajstić information content (AvgIpc) is 2.76. The third kappa shape index (κ3) is 5.73. The molecule has 1 aromatic heterocycles. The Labute approximate surface area is 174 Å². The number of benzene rings is 2. The number of aromatic nitrogens is 1. The van der Waals surface area contributed by atoms with Gasteiger partial charge in [-0.3, -0.25) is 15.7 Å². The van der Waals surface area contributed by atoms with Gasteiger partial charge in [-0.25, -0.2) is 4.98 Å². The van der Waals surface area contributed by atoms with Gasteiger partial charge in [0.25, 0.3) is 0 Å². The molecule has 1 heterocycles. The van der Waals surface area contributed by atoms with Crippen molar-refractivity contribution in [2.24, 2.45) is 4.99 Å². The predicted octanol–water partition coefficient (Wildman–Crippen LogP) is 4.92. The van der Waals surface area contributed by atoms with Crippen LogP contribution < -0.4 is 15.0 Å². The second kappa shape index (κ2) is 10.5. The van der Waals surface area contributed by atoms with Crippen LogP contribution in [-0.2, 0) is 6.54 Å². The molecule has 0 radical (unpaired) electrons. The van der Waals surface area contributed by atoms with Crippen LogP contribution in [0.2, 0.25) is 0 Å². The fourth-order valence-corrected chi connectivity index (χ4v) is 3.07. The van der Waals surface area contributed by atoms with Crippen molar-refractivity contribution in [3.05, 3.63) is 78.0 Å². The Bertz CT molecular complexity index is 962. The number of para-hydroxylation sites is 1. The number of aliphatic imine (C=N–C) groups is 1. The van der Waals surface area contributed by atoms with Gasteiger partial charge in [-0.15, -0.1) is 11.8 Å². The highest BCUT2D eigenvalue weighted by Gasteiger charge is 2.08. The summed E-state index contributed by atoms with van der Waals surface area (Å²) in [6.07, 6.45) is 3.64. The molecular weight excluding hydrogens is 386 g/mol. The van der Waals surface area contributed by atoms with E-state index >= 15 is 0 Å². The lowest BCUT2D eigenvalue weighted by Crippen LogP contribution is -2.20. The summed E-state index contributed by atoms with van der Waals surface area (Å²) in [4.78, 5) is 9.88. The van der Waals surface area contributed by atoms with Crippen LogP contribution in [0.25, 0.3) is 0 Å². The van der Waals surface area contributed by atoms with Gasteiger partial charge in [-0.2, -0.15) is 0 Å². The van der Waals surface area contributed by atoms with Gasteiger partial charge in [0.05, 0.1) is 13.2 Å². The van der Waals surface area contributed by atoms with Crippen molar-refractivity contribution < 1.29 is 14.7 Å². The molecule has 6 nitrogen and oxygen atoms in total. The second-order valence-electron chi connectivity index (χ2n) is 5.98. The van der Waals surface area contributed by atoms with Gasteiger partial charge in [0, 0.05) is 28.3 Å². The molecule has 0 atom stereocenters. The summed E-state index contributed by atoms with van der Waals surface area (Å²) < 4.78 is 11.4. The summed E-state index contributed by atoms with van der Waals surface area (Å²) in [6.45, 7) is 2.87. The van der Waals surface area contributed by atoms with E-state index < -0.39 is 0 Å². The Balaban J connectivity index is 1.77. The molecule has 0 spiro atoms. The molecule has 3 aromatic rings. The maximum Gasteiger partial charge on any atom is 0.219 e. The highest BCUT2D eigenvalue weighted by molar-refractivity contribution is 7.98. The van der Waals surface area contributed by atoms with Crippen LogP contribution in [0.4, 0.5) is 0 Å². The SMILES string of the molecule is CCOc1ccccc1CN=C(NO)c1ccnc(Oc2ccc(SC)cc2)c1. The molecule has 29 heavy (non-hydrogen) atoms.